The van der Waals surface area contributed by atoms with Crippen LogP contribution in [0, 0.1) is 6.92 Å². The van der Waals surface area contributed by atoms with Crippen molar-refractivity contribution in [3.8, 4) is 11.4 Å². The second kappa shape index (κ2) is 5.29. The van der Waals surface area contributed by atoms with E-state index in [4.69, 9.17) is 23.2 Å². The van der Waals surface area contributed by atoms with Crippen LogP contribution in [0.2, 0.25) is 5.02 Å². The van der Waals surface area contributed by atoms with Crippen LogP contribution in [0.25, 0.3) is 11.4 Å². The summed E-state index contributed by atoms with van der Waals surface area (Å²) in [5.74, 6) is 1.99. The Morgan fingerprint density at radius 1 is 1.28 bits per heavy atom. The van der Waals surface area contributed by atoms with E-state index in [0.717, 1.165) is 27.8 Å². The van der Waals surface area contributed by atoms with Crippen molar-refractivity contribution in [3.05, 3.63) is 34.6 Å². The van der Waals surface area contributed by atoms with Crippen LogP contribution in [0.1, 0.15) is 31.3 Å². The van der Waals surface area contributed by atoms with E-state index < -0.39 is 0 Å². The smallest absolute Gasteiger partial charge is 0.164 e. The lowest BCUT2D eigenvalue weighted by Gasteiger charge is -2.14. The van der Waals surface area contributed by atoms with Crippen LogP contribution in [0.5, 0.6) is 0 Å². The fraction of sp³-hybridized carbons (Fsp3) is 0.385. The molecule has 0 unspecified atom stereocenters. The van der Waals surface area contributed by atoms with Gasteiger partial charge in [0, 0.05) is 16.6 Å². The summed E-state index contributed by atoms with van der Waals surface area (Å²) >= 11 is 11.9. The highest BCUT2D eigenvalue weighted by atomic mass is 35.5. The molecule has 1 heterocycles. The van der Waals surface area contributed by atoms with Crippen LogP contribution in [0.15, 0.2) is 18.2 Å². The van der Waals surface area contributed by atoms with Gasteiger partial charge in [-0.2, -0.15) is 0 Å². The van der Waals surface area contributed by atoms with Gasteiger partial charge in [-0.15, -0.1) is 21.8 Å². The largest absolute Gasteiger partial charge is 0.307 e. The Bertz CT molecular complexity index is 561. The van der Waals surface area contributed by atoms with Gasteiger partial charge in [-0.25, -0.2) is 0 Å². The molecular weight excluding hydrogens is 269 g/mol. The second-order valence-corrected chi connectivity index (χ2v) is 5.20. The Hall–Kier alpha value is -1.06. The summed E-state index contributed by atoms with van der Waals surface area (Å²) in [5, 5.41) is 9.12. The topological polar surface area (TPSA) is 30.7 Å². The summed E-state index contributed by atoms with van der Waals surface area (Å²) in [7, 11) is 0. The van der Waals surface area contributed by atoms with Crippen LogP contribution in [-0.2, 0) is 5.88 Å². The summed E-state index contributed by atoms with van der Waals surface area (Å²) in [6.45, 7) is 6.20. The average molecular weight is 284 g/mol. The van der Waals surface area contributed by atoms with E-state index in [2.05, 4.69) is 28.6 Å². The lowest BCUT2D eigenvalue weighted by molar-refractivity contribution is 0.585. The Kier molecular flexibility index (Phi) is 3.93. The fourth-order valence-corrected chi connectivity index (χ4v) is 2.43. The minimum Gasteiger partial charge on any atom is -0.307 e. The van der Waals surface area contributed by atoms with Crippen LogP contribution < -0.4 is 0 Å². The molecule has 0 fully saturated rings. The minimum atomic E-state index is 0.263. The van der Waals surface area contributed by atoms with Crippen molar-refractivity contribution in [1.82, 2.24) is 14.8 Å². The zero-order valence-electron chi connectivity index (χ0n) is 10.6. The van der Waals surface area contributed by atoms with Crippen LogP contribution in [0.3, 0.4) is 0 Å². The van der Waals surface area contributed by atoms with E-state index in [1.165, 1.54) is 0 Å². The maximum absolute atomic E-state index is 5.98. The van der Waals surface area contributed by atoms with Crippen molar-refractivity contribution in [1.29, 1.82) is 0 Å². The molecule has 0 aliphatic carbocycles. The molecule has 0 radical (unpaired) electrons. The minimum absolute atomic E-state index is 0.263. The van der Waals surface area contributed by atoms with E-state index in [-0.39, 0.29) is 6.04 Å². The molecule has 3 nitrogen and oxygen atoms in total. The first-order chi connectivity index (χ1) is 8.54. The molecule has 96 valence electrons. The number of nitrogens with zero attached hydrogens (tertiary/aromatic N) is 3. The van der Waals surface area contributed by atoms with Gasteiger partial charge in [0.1, 0.15) is 5.82 Å². The van der Waals surface area contributed by atoms with Crippen LogP contribution in [0.4, 0.5) is 0 Å². The third kappa shape index (κ3) is 2.38. The molecule has 0 aliphatic rings. The molecule has 5 heteroatoms. The molecule has 2 aromatic rings. The lowest BCUT2D eigenvalue weighted by atomic mass is 10.1. The fourth-order valence-electron chi connectivity index (χ4n) is 2.02. The number of aryl methyl sites for hydroxylation is 1. The van der Waals surface area contributed by atoms with Gasteiger partial charge in [-0.1, -0.05) is 11.6 Å². The third-order valence-electron chi connectivity index (χ3n) is 2.83. The molecule has 0 aliphatic heterocycles. The quantitative estimate of drug-likeness (QED) is 0.790. The molecule has 0 amide bonds. The highest BCUT2D eigenvalue weighted by Crippen LogP contribution is 2.27. The number of rotatable bonds is 3. The van der Waals surface area contributed by atoms with Gasteiger partial charge in [0.25, 0.3) is 0 Å². The zero-order chi connectivity index (χ0) is 13.3. The van der Waals surface area contributed by atoms with Gasteiger partial charge < -0.3 is 4.57 Å². The SMILES string of the molecule is Cc1cc(Cl)ccc1-c1nnc(CCl)n1C(C)C. The molecule has 0 saturated carbocycles. The van der Waals surface area contributed by atoms with Crippen LogP contribution >= 0.6 is 23.2 Å². The van der Waals surface area contributed by atoms with Crippen molar-refractivity contribution >= 4 is 23.2 Å². The Morgan fingerprint density at radius 3 is 2.56 bits per heavy atom. The Labute approximate surface area is 117 Å². The molecule has 18 heavy (non-hydrogen) atoms. The monoisotopic (exact) mass is 283 g/mol. The summed E-state index contributed by atoms with van der Waals surface area (Å²) in [5.41, 5.74) is 2.12. The number of benzene rings is 1. The van der Waals surface area contributed by atoms with Crippen molar-refractivity contribution in [2.24, 2.45) is 0 Å². The van der Waals surface area contributed by atoms with E-state index in [0.29, 0.717) is 5.88 Å². The van der Waals surface area contributed by atoms with E-state index in [1.54, 1.807) is 0 Å². The van der Waals surface area contributed by atoms with Gasteiger partial charge in [-0.3, -0.25) is 0 Å². The molecule has 1 aromatic carbocycles. The first-order valence-corrected chi connectivity index (χ1v) is 6.72. The summed E-state index contributed by atoms with van der Waals surface area (Å²) in [6.07, 6.45) is 0. The Balaban J connectivity index is 2.60. The van der Waals surface area contributed by atoms with Gasteiger partial charge in [0.15, 0.2) is 5.82 Å². The van der Waals surface area contributed by atoms with Crippen molar-refractivity contribution in [3.63, 3.8) is 0 Å². The number of hydrogen-bond acceptors (Lipinski definition) is 2. The lowest BCUT2D eigenvalue weighted by Crippen LogP contribution is -2.07. The maximum Gasteiger partial charge on any atom is 0.164 e. The first-order valence-electron chi connectivity index (χ1n) is 5.81. The average Bonchev–Trinajstić information content (AvgIpc) is 2.72. The molecule has 0 saturated heterocycles. The van der Waals surface area contributed by atoms with Gasteiger partial charge in [-0.05, 0) is 44.5 Å². The Morgan fingerprint density at radius 2 is 2.00 bits per heavy atom. The predicted octanol–water partition coefficient (Wildman–Crippen LogP) is 4.23. The normalized spacial score (nSPS) is 11.2. The molecule has 2 rings (SSSR count). The van der Waals surface area contributed by atoms with Crippen molar-refractivity contribution in [2.45, 2.75) is 32.7 Å². The number of aromatic nitrogens is 3. The summed E-state index contributed by atoms with van der Waals surface area (Å²) < 4.78 is 2.06. The highest BCUT2D eigenvalue weighted by Gasteiger charge is 2.16. The van der Waals surface area contributed by atoms with E-state index in [1.807, 2.05) is 25.1 Å². The van der Waals surface area contributed by atoms with Crippen LogP contribution in [-0.4, -0.2) is 14.8 Å². The zero-order valence-corrected chi connectivity index (χ0v) is 12.1. The van der Waals surface area contributed by atoms with Crippen molar-refractivity contribution < 1.29 is 0 Å². The molecule has 0 atom stereocenters. The van der Waals surface area contributed by atoms with E-state index in [9.17, 15) is 0 Å². The summed E-state index contributed by atoms with van der Waals surface area (Å²) in [4.78, 5) is 0. The molecule has 0 N–H and O–H groups in total. The van der Waals surface area contributed by atoms with Gasteiger partial charge in [0.05, 0.1) is 5.88 Å². The number of halogens is 2. The maximum atomic E-state index is 5.98. The standard InChI is InChI=1S/C13H15Cl2N3/c1-8(2)18-12(7-14)16-17-13(18)11-5-4-10(15)6-9(11)3/h4-6,8H,7H2,1-3H3. The third-order valence-corrected chi connectivity index (χ3v) is 3.31. The number of alkyl halides is 1. The number of hydrogen-bond donors (Lipinski definition) is 0. The predicted molar refractivity (Wildman–Crippen MR) is 75.1 cm³/mol. The molecular formula is C13H15Cl2N3. The molecule has 0 bridgehead atoms. The summed E-state index contributed by atoms with van der Waals surface area (Å²) in [6, 6.07) is 6.03. The molecule has 0 spiro atoms. The first kappa shape index (κ1) is 13.4. The molecule has 1 aromatic heterocycles. The van der Waals surface area contributed by atoms with Gasteiger partial charge >= 0.3 is 0 Å². The van der Waals surface area contributed by atoms with Crippen molar-refractivity contribution in [2.75, 3.05) is 0 Å². The second-order valence-electron chi connectivity index (χ2n) is 4.50. The highest BCUT2D eigenvalue weighted by molar-refractivity contribution is 6.30. The van der Waals surface area contributed by atoms with Gasteiger partial charge in [0.2, 0.25) is 0 Å². The van der Waals surface area contributed by atoms with E-state index >= 15 is 0 Å².